The molecule has 0 heterocycles. The first-order chi connectivity index (χ1) is 9.45. The van der Waals surface area contributed by atoms with Crippen LogP contribution in [0.3, 0.4) is 0 Å². The van der Waals surface area contributed by atoms with Crippen molar-refractivity contribution in [2.75, 3.05) is 33.8 Å². The number of unbranched alkanes of at least 4 members (excludes halogenated alkanes) is 1. The fourth-order valence-corrected chi connectivity index (χ4v) is 2.88. The van der Waals surface area contributed by atoms with E-state index in [1.807, 2.05) is 14.1 Å². The first-order valence-electron chi connectivity index (χ1n) is 6.80. The van der Waals surface area contributed by atoms with E-state index in [1.54, 1.807) is 24.3 Å². The molecular weight excluding hydrogens is 276 g/mol. The standard InChI is InChI=1S/C14H24N2O3S/c1-16(2)11-4-3-10-15-20(18,19)14-7-5-13(6-8-14)9-12-17/h5-8,15,17H,3-4,9-12H2,1-2H3. The first kappa shape index (κ1) is 17.1. The molecule has 0 bridgehead atoms. The molecule has 2 N–H and O–H groups in total. The molecule has 0 radical (unpaired) electrons. The summed E-state index contributed by atoms with van der Waals surface area (Å²) in [4.78, 5) is 2.35. The van der Waals surface area contributed by atoms with Crippen LogP contribution in [0.4, 0.5) is 0 Å². The fraction of sp³-hybridized carbons (Fsp3) is 0.571. The van der Waals surface area contributed by atoms with Crippen LogP contribution in [-0.2, 0) is 16.4 Å². The smallest absolute Gasteiger partial charge is 0.240 e. The third-order valence-electron chi connectivity index (χ3n) is 2.96. The molecule has 0 atom stereocenters. The molecule has 5 nitrogen and oxygen atoms in total. The Balaban J connectivity index is 2.47. The number of aliphatic hydroxyl groups excluding tert-OH is 1. The maximum absolute atomic E-state index is 12.0. The third-order valence-corrected chi connectivity index (χ3v) is 4.44. The fourth-order valence-electron chi connectivity index (χ4n) is 1.81. The lowest BCUT2D eigenvalue weighted by atomic mass is 10.2. The van der Waals surface area contributed by atoms with Crippen molar-refractivity contribution < 1.29 is 13.5 Å². The zero-order valence-corrected chi connectivity index (χ0v) is 13.0. The lowest BCUT2D eigenvalue weighted by molar-refractivity contribution is 0.299. The minimum Gasteiger partial charge on any atom is -0.396 e. The van der Waals surface area contributed by atoms with Crippen LogP contribution in [0, 0.1) is 0 Å². The molecule has 1 rings (SSSR count). The summed E-state index contributed by atoms with van der Waals surface area (Å²) in [6.45, 7) is 1.47. The van der Waals surface area contributed by atoms with Gasteiger partial charge in [-0.25, -0.2) is 13.1 Å². The van der Waals surface area contributed by atoms with Gasteiger partial charge in [0, 0.05) is 13.2 Å². The van der Waals surface area contributed by atoms with Gasteiger partial charge in [0.25, 0.3) is 0 Å². The van der Waals surface area contributed by atoms with Crippen molar-refractivity contribution in [1.82, 2.24) is 9.62 Å². The summed E-state index contributed by atoms with van der Waals surface area (Å²) in [6, 6.07) is 6.62. The summed E-state index contributed by atoms with van der Waals surface area (Å²) in [6.07, 6.45) is 2.32. The van der Waals surface area contributed by atoms with Crippen LogP contribution in [0.25, 0.3) is 0 Å². The minimum atomic E-state index is -3.42. The van der Waals surface area contributed by atoms with E-state index in [-0.39, 0.29) is 11.5 Å². The zero-order chi connectivity index (χ0) is 15.0. The number of aliphatic hydroxyl groups is 1. The van der Waals surface area contributed by atoms with Gasteiger partial charge in [0.2, 0.25) is 10.0 Å². The molecule has 0 spiro atoms. The van der Waals surface area contributed by atoms with Gasteiger partial charge in [-0.1, -0.05) is 12.1 Å². The predicted octanol–water partition coefficient (Wildman–Crippen LogP) is 0.841. The second-order valence-electron chi connectivity index (χ2n) is 5.03. The van der Waals surface area contributed by atoms with E-state index in [0.717, 1.165) is 24.9 Å². The molecule has 0 saturated carbocycles. The Morgan fingerprint density at radius 2 is 1.80 bits per heavy atom. The Morgan fingerprint density at radius 3 is 2.35 bits per heavy atom. The lowest BCUT2D eigenvalue weighted by Crippen LogP contribution is -2.25. The SMILES string of the molecule is CN(C)CCCCNS(=O)(=O)c1ccc(CCO)cc1. The average Bonchev–Trinajstić information content (AvgIpc) is 2.39. The summed E-state index contributed by atoms with van der Waals surface area (Å²) < 4.78 is 26.7. The van der Waals surface area contributed by atoms with Gasteiger partial charge in [-0.15, -0.1) is 0 Å². The Bertz CT molecular complexity index is 484. The van der Waals surface area contributed by atoms with Gasteiger partial charge in [0.05, 0.1) is 4.90 Å². The average molecular weight is 300 g/mol. The maximum Gasteiger partial charge on any atom is 0.240 e. The highest BCUT2D eigenvalue weighted by molar-refractivity contribution is 7.89. The van der Waals surface area contributed by atoms with Gasteiger partial charge in [-0.3, -0.25) is 0 Å². The zero-order valence-electron chi connectivity index (χ0n) is 12.2. The molecule has 114 valence electrons. The van der Waals surface area contributed by atoms with Crippen molar-refractivity contribution >= 4 is 10.0 Å². The molecular formula is C14H24N2O3S. The number of nitrogens with zero attached hydrogens (tertiary/aromatic N) is 1. The van der Waals surface area contributed by atoms with Crippen LogP contribution in [0.5, 0.6) is 0 Å². The van der Waals surface area contributed by atoms with Crippen LogP contribution in [-0.4, -0.2) is 52.2 Å². The summed E-state index contributed by atoms with van der Waals surface area (Å²) in [5.74, 6) is 0. The molecule has 1 aromatic rings. The van der Waals surface area contributed by atoms with Crippen LogP contribution < -0.4 is 4.72 Å². The largest absolute Gasteiger partial charge is 0.396 e. The van der Waals surface area contributed by atoms with E-state index in [2.05, 4.69) is 9.62 Å². The van der Waals surface area contributed by atoms with E-state index in [1.165, 1.54) is 0 Å². The minimum absolute atomic E-state index is 0.0657. The highest BCUT2D eigenvalue weighted by atomic mass is 32.2. The van der Waals surface area contributed by atoms with Gasteiger partial charge in [-0.2, -0.15) is 0 Å². The van der Waals surface area contributed by atoms with Crippen molar-refractivity contribution in [1.29, 1.82) is 0 Å². The van der Waals surface area contributed by atoms with Gasteiger partial charge < -0.3 is 10.0 Å². The molecule has 0 aliphatic rings. The Hall–Kier alpha value is -0.950. The quantitative estimate of drug-likeness (QED) is 0.663. The number of hydrogen-bond donors (Lipinski definition) is 2. The topological polar surface area (TPSA) is 69.6 Å². The van der Waals surface area contributed by atoms with Crippen LogP contribution in [0.2, 0.25) is 0 Å². The highest BCUT2D eigenvalue weighted by Crippen LogP contribution is 2.11. The Labute approximate surface area is 121 Å². The van der Waals surface area contributed by atoms with Crippen molar-refractivity contribution in [3.8, 4) is 0 Å². The summed E-state index contributed by atoms with van der Waals surface area (Å²) in [7, 11) is 0.577. The second kappa shape index (κ2) is 8.36. The normalized spacial score (nSPS) is 12.0. The van der Waals surface area contributed by atoms with Crippen molar-refractivity contribution in [2.24, 2.45) is 0 Å². The second-order valence-corrected chi connectivity index (χ2v) is 6.79. The molecule has 0 unspecified atom stereocenters. The molecule has 0 aliphatic heterocycles. The number of nitrogens with one attached hydrogen (secondary N) is 1. The van der Waals surface area contributed by atoms with Gasteiger partial charge in [0.15, 0.2) is 0 Å². The van der Waals surface area contributed by atoms with Gasteiger partial charge >= 0.3 is 0 Å². The van der Waals surface area contributed by atoms with E-state index < -0.39 is 10.0 Å². The van der Waals surface area contributed by atoms with E-state index in [0.29, 0.717) is 13.0 Å². The molecule has 20 heavy (non-hydrogen) atoms. The summed E-state index contributed by atoms with van der Waals surface area (Å²) >= 11 is 0. The van der Waals surface area contributed by atoms with Gasteiger partial charge in [-0.05, 0) is 57.6 Å². The summed E-state index contributed by atoms with van der Waals surface area (Å²) in [5.41, 5.74) is 0.928. The van der Waals surface area contributed by atoms with Crippen molar-refractivity contribution in [3.63, 3.8) is 0 Å². The molecule has 0 fully saturated rings. The van der Waals surface area contributed by atoms with Gasteiger partial charge in [0.1, 0.15) is 0 Å². The van der Waals surface area contributed by atoms with E-state index in [4.69, 9.17) is 5.11 Å². The monoisotopic (exact) mass is 300 g/mol. The maximum atomic E-state index is 12.0. The lowest BCUT2D eigenvalue weighted by Gasteiger charge is -2.10. The molecule has 0 aromatic heterocycles. The number of sulfonamides is 1. The number of benzene rings is 1. The Kier molecular flexibility index (Phi) is 7.15. The predicted molar refractivity (Wildman–Crippen MR) is 80.2 cm³/mol. The molecule has 6 heteroatoms. The molecule has 1 aromatic carbocycles. The molecule has 0 saturated heterocycles. The molecule has 0 amide bonds. The van der Waals surface area contributed by atoms with Crippen LogP contribution in [0.15, 0.2) is 29.2 Å². The van der Waals surface area contributed by atoms with E-state index >= 15 is 0 Å². The van der Waals surface area contributed by atoms with Crippen molar-refractivity contribution in [2.45, 2.75) is 24.2 Å². The Morgan fingerprint density at radius 1 is 1.15 bits per heavy atom. The van der Waals surface area contributed by atoms with Crippen LogP contribution in [0.1, 0.15) is 18.4 Å². The summed E-state index contributed by atoms with van der Waals surface area (Å²) in [5, 5.41) is 8.82. The number of hydrogen-bond acceptors (Lipinski definition) is 4. The highest BCUT2D eigenvalue weighted by Gasteiger charge is 2.12. The van der Waals surface area contributed by atoms with Crippen molar-refractivity contribution in [3.05, 3.63) is 29.8 Å². The molecule has 0 aliphatic carbocycles. The van der Waals surface area contributed by atoms with E-state index in [9.17, 15) is 8.42 Å². The third kappa shape index (κ3) is 6.00. The first-order valence-corrected chi connectivity index (χ1v) is 8.28. The number of rotatable bonds is 9. The van der Waals surface area contributed by atoms with Crippen LogP contribution >= 0.6 is 0 Å².